The van der Waals surface area contributed by atoms with Gasteiger partial charge in [-0.25, -0.2) is 4.98 Å². The van der Waals surface area contributed by atoms with Crippen molar-refractivity contribution in [3.63, 3.8) is 0 Å². The fourth-order valence-electron chi connectivity index (χ4n) is 1.43. The Morgan fingerprint density at radius 3 is 2.65 bits per heavy atom. The number of rotatable bonds is 3. The van der Waals surface area contributed by atoms with E-state index in [4.69, 9.17) is 16.3 Å². The molecular weight excluding hydrogens is 236 g/mol. The molecule has 0 unspecified atom stereocenters. The van der Waals surface area contributed by atoms with Crippen LogP contribution in [0.3, 0.4) is 0 Å². The Labute approximate surface area is 105 Å². The normalized spacial score (nSPS) is 10.1. The van der Waals surface area contributed by atoms with Crippen LogP contribution in [0.4, 0.5) is 5.69 Å². The van der Waals surface area contributed by atoms with E-state index in [1.165, 1.54) is 0 Å². The smallest absolute Gasteiger partial charge is 0.219 e. The Bertz CT molecular complexity index is 511. The number of hydrogen-bond acceptors (Lipinski definition) is 3. The van der Waals surface area contributed by atoms with Gasteiger partial charge in [0.2, 0.25) is 5.88 Å². The largest absolute Gasteiger partial charge is 0.439 e. The minimum absolute atomic E-state index is 0.564. The molecule has 0 aliphatic heterocycles. The highest BCUT2D eigenvalue weighted by molar-refractivity contribution is 6.30. The zero-order valence-electron chi connectivity index (χ0n) is 9.70. The van der Waals surface area contributed by atoms with Gasteiger partial charge in [-0.3, -0.25) is 0 Å². The van der Waals surface area contributed by atoms with Crippen molar-refractivity contribution in [3.05, 3.63) is 47.1 Å². The lowest BCUT2D eigenvalue weighted by atomic mass is 10.2. The van der Waals surface area contributed by atoms with Gasteiger partial charge in [-0.1, -0.05) is 11.6 Å². The Morgan fingerprint density at radius 2 is 2.06 bits per heavy atom. The molecule has 0 amide bonds. The summed E-state index contributed by atoms with van der Waals surface area (Å²) in [6, 6.07) is 9.23. The van der Waals surface area contributed by atoms with E-state index in [1.807, 2.05) is 38.2 Å². The van der Waals surface area contributed by atoms with E-state index < -0.39 is 0 Å². The molecule has 0 fully saturated rings. The summed E-state index contributed by atoms with van der Waals surface area (Å²) in [4.78, 5) is 4.19. The number of hydrogen-bond donors (Lipinski definition) is 1. The van der Waals surface area contributed by atoms with Crippen LogP contribution in [0.5, 0.6) is 11.6 Å². The second-order valence-electron chi connectivity index (χ2n) is 3.65. The quantitative estimate of drug-likeness (QED) is 0.895. The van der Waals surface area contributed by atoms with Crippen LogP contribution in [0.2, 0.25) is 5.02 Å². The highest BCUT2D eigenvalue weighted by Crippen LogP contribution is 2.26. The zero-order chi connectivity index (χ0) is 12.3. The molecule has 0 atom stereocenters. The molecule has 1 heterocycles. The molecule has 17 heavy (non-hydrogen) atoms. The van der Waals surface area contributed by atoms with Gasteiger partial charge in [0.25, 0.3) is 0 Å². The van der Waals surface area contributed by atoms with Crippen LogP contribution in [0, 0.1) is 6.92 Å². The van der Waals surface area contributed by atoms with Gasteiger partial charge in [-0.2, -0.15) is 0 Å². The lowest BCUT2D eigenvalue weighted by Gasteiger charge is -2.08. The van der Waals surface area contributed by atoms with Crippen molar-refractivity contribution < 1.29 is 4.74 Å². The zero-order valence-corrected chi connectivity index (χ0v) is 10.5. The third-order valence-electron chi connectivity index (χ3n) is 2.38. The van der Waals surface area contributed by atoms with Gasteiger partial charge in [-0.05, 0) is 36.8 Å². The van der Waals surface area contributed by atoms with Crippen molar-refractivity contribution in [2.24, 2.45) is 0 Å². The van der Waals surface area contributed by atoms with Crippen molar-refractivity contribution in [1.29, 1.82) is 0 Å². The third kappa shape index (κ3) is 2.88. The summed E-state index contributed by atoms with van der Waals surface area (Å²) in [5.74, 6) is 1.33. The number of halogens is 1. The van der Waals surface area contributed by atoms with Crippen molar-refractivity contribution >= 4 is 17.3 Å². The maximum atomic E-state index is 5.88. The van der Waals surface area contributed by atoms with Crippen LogP contribution in [0.1, 0.15) is 5.56 Å². The first-order chi connectivity index (χ1) is 8.19. The first-order valence-corrected chi connectivity index (χ1v) is 5.64. The molecule has 0 bridgehead atoms. The summed E-state index contributed by atoms with van der Waals surface area (Å²) in [5, 5.41) is 3.70. The fourth-order valence-corrected chi connectivity index (χ4v) is 1.66. The molecule has 4 heteroatoms. The van der Waals surface area contributed by atoms with Gasteiger partial charge in [0.15, 0.2) is 0 Å². The molecule has 0 radical (unpaired) electrons. The van der Waals surface area contributed by atoms with Gasteiger partial charge in [-0.15, -0.1) is 0 Å². The molecule has 88 valence electrons. The average Bonchev–Trinajstić information content (AvgIpc) is 2.34. The monoisotopic (exact) mass is 248 g/mol. The van der Waals surface area contributed by atoms with Gasteiger partial charge in [0, 0.05) is 18.1 Å². The summed E-state index contributed by atoms with van der Waals surface area (Å²) in [6.45, 7) is 1.95. The molecule has 1 N–H and O–H groups in total. The summed E-state index contributed by atoms with van der Waals surface area (Å²) < 4.78 is 5.67. The number of benzene rings is 1. The first kappa shape index (κ1) is 11.7. The number of aryl methyl sites for hydroxylation is 1. The lowest BCUT2D eigenvalue weighted by molar-refractivity contribution is 0.459. The topological polar surface area (TPSA) is 34.1 Å². The second-order valence-corrected chi connectivity index (χ2v) is 4.08. The van der Waals surface area contributed by atoms with Gasteiger partial charge >= 0.3 is 0 Å². The van der Waals surface area contributed by atoms with E-state index in [2.05, 4.69) is 10.3 Å². The minimum atomic E-state index is 0.564. The van der Waals surface area contributed by atoms with Crippen molar-refractivity contribution in [2.45, 2.75) is 6.92 Å². The number of nitrogens with one attached hydrogen (secondary N) is 1. The SMILES string of the molecule is CNc1ccc(Oc2ccc(Cl)cc2C)nc1. The number of ether oxygens (including phenoxy) is 1. The third-order valence-corrected chi connectivity index (χ3v) is 2.61. The highest BCUT2D eigenvalue weighted by Gasteiger charge is 2.03. The Hall–Kier alpha value is -1.74. The standard InChI is InChI=1S/C13H13ClN2O/c1-9-7-10(14)3-5-12(9)17-13-6-4-11(15-2)8-16-13/h3-8,15H,1-2H3. The van der Waals surface area contributed by atoms with Gasteiger partial charge in [0.1, 0.15) is 5.75 Å². The van der Waals surface area contributed by atoms with Crippen LogP contribution >= 0.6 is 11.6 Å². The fraction of sp³-hybridized carbons (Fsp3) is 0.154. The first-order valence-electron chi connectivity index (χ1n) is 5.27. The van der Waals surface area contributed by atoms with Crippen molar-refractivity contribution in [3.8, 4) is 11.6 Å². The van der Waals surface area contributed by atoms with E-state index in [9.17, 15) is 0 Å². The Kier molecular flexibility index (Phi) is 3.49. The van der Waals surface area contributed by atoms with E-state index in [1.54, 1.807) is 12.3 Å². The molecule has 3 nitrogen and oxygen atoms in total. The van der Waals surface area contributed by atoms with Crippen molar-refractivity contribution in [1.82, 2.24) is 4.98 Å². The molecule has 0 saturated carbocycles. The maximum Gasteiger partial charge on any atom is 0.219 e. The second kappa shape index (κ2) is 5.06. The number of nitrogens with zero attached hydrogens (tertiary/aromatic N) is 1. The summed E-state index contributed by atoms with van der Waals surface area (Å²) in [5.41, 5.74) is 1.93. The highest BCUT2D eigenvalue weighted by atomic mass is 35.5. The lowest BCUT2D eigenvalue weighted by Crippen LogP contribution is -1.92. The average molecular weight is 249 g/mol. The summed E-state index contributed by atoms with van der Waals surface area (Å²) in [6.07, 6.45) is 1.72. The predicted molar refractivity (Wildman–Crippen MR) is 70.0 cm³/mol. The maximum absolute atomic E-state index is 5.88. The van der Waals surface area contributed by atoms with Crippen LogP contribution in [0.25, 0.3) is 0 Å². The molecule has 0 saturated heterocycles. The molecular formula is C13H13ClN2O. The molecule has 0 aliphatic rings. The summed E-state index contributed by atoms with van der Waals surface area (Å²) in [7, 11) is 1.85. The summed E-state index contributed by atoms with van der Waals surface area (Å²) >= 11 is 5.88. The van der Waals surface area contributed by atoms with Gasteiger partial charge < -0.3 is 10.1 Å². The molecule has 0 spiro atoms. The van der Waals surface area contributed by atoms with Crippen LogP contribution in [-0.2, 0) is 0 Å². The van der Waals surface area contributed by atoms with Crippen LogP contribution in [-0.4, -0.2) is 12.0 Å². The molecule has 1 aromatic heterocycles. The Morgan fingerprint density at radius 1 is 1.24 bits per heavy atom. The van der Waals surface area contributed by atoms with Crippen LogP contribution < -0.4 is 10.1 Å². The Balaban J connectivity index is 2.19. The predicted octanol–water partition coefficient (Wildman–Crippen LogP) is 3.88. The van der Waals surface area contributed by atoms with E-state index in [-0.39, 0.29) is 0 Å². The minimum Gasteiger partial charge on any atom is -0.439 e. The molecule has 2 aromatic rings. The van der Waals surface area contributed by atoms with Crippen molar-refractivity contribution in [2.75, 3.05) is 12.4 Å². The van der Waals surface area contributed by atoms with Gasteiger partial charge in [0.05, 0.1) is 11.9 Å². The van der Waals surface area contributed by atoms with E-state index in [0.717, 1.165) is 17.0 Å². The van der Waals surface area contributed by atoms with E-state index in [0.29, 0.717) is 10.9 Å². The molecule has 1 aromatic carbocycles. The molecule has 0 aliphatic carbocycles. The molecule has 2 rings (SSSR count). The van der Waals surface area contributed by atoms with E-state index >= 15 is 0 Å². The number of aromatic nitrogens is 1. The number of anilines is 1. The van der Waals surface area contributed by atoms with Crippen LogP contribution in [0.15, 0.2) is 36.5 Å². The number of pyridine rings is 1.